The Hall–Kier alpha value is -1.35. The number of hydrogen-bond acceptors (Lipinski definition) is 4. The molecule has 0 bridgehead atoms. The van der Waals surface area contributed by atoms with Gasteiger partial charge in [0.1, 0.15) is 11.3 Å². The molecule has 0 aliphatic heterocycles. The van der Waals surface area contributed by atoms with Crippen molar-refractivity contribution in [3.8, 4) is 5.75 Å². The summed E-state index contributed by atoms with van der Waals surface area (Å²) < 4.78 is 42.4. The van der Waals surface area contributed by atoms with Gasteiger partial charge in [0.25, 0.3) is 5.69 Å². The molecule has 1 N–H and O–H groups in total. The van der Waals surface area contributed by atoms with Crippen LogP contribution in [0.4, 0.5) is 18.9 Å². The van der Waals surface area contributed by atoms with E-state index in [1.807, 2.05) is 0 Å². The van der Waals surface area contributed by atoms with Crippen LogP contribution < -0.4 is 10.1 Å². The first kappa shape index (κ1) is 18.0. The zero-order valence-electron chi connectivity index (χ0n) is 12.2. The second kappa shape index (κ2) is 7.48. The van der Waals surface area contributed by atoms with Crippen molar-refractivity contribution in [1.29, 1.82) is 0 Å². The summed E-state index contributed by atoms with van der Waals surface area (Å²) in [5.41, 5.74) is 1.73. The second-order valence-electron chi connectivity index (χ2n) is 5.36. The Balaban J connectivity index is 2.17. The van der Waals surface area contributed by atoms with Gasteiger partial charge in [-0.05, 0) is 52.7 Å². The summed E-state index contributed by atoms with van der Waals surface area (Å²) in [6, 6.07) is 2.58. The van der Waals surface area contributed by atoms with E-state index >= 15 is 0 Å². The summed E-state index contributed by atoms with van der Waals surface area (Å²) in [7, 11) is 0. The number of rotatable bonds is 5. The molecular formula is C14H16BrF3N2O3. The highest BCUT2D eigenvalue weighted by Gasteiger charge is 2.29. The monoisotopic (exact) mass is 396 g/mol. The van der Waals surface area contributed by atoms with Crippen molar-refractivity contribution >= 4 is 21.6 Å². The van der Waals surface area contributed by atoms with Crippen LogP contribution in [-0.4, -0.2) is 29.2 Å². The molecule has 0 saturated carbocycles. The zero-order valence-corrected chi connectivity index (χ0v) is 13.7. The fraction of sp³-hybridized carbons (Fsp3) is 0.571. The number of nitro groups is 1. The lowest BCUT2D eigenvalue weighted by Crippen LogP contribution is -2.37. The van der Waals surface area contributed by atoms with Gasteiger partial charge in [-0.15, -0.1) is 0 Å². The number of nitrogens with one attached hydrogen (secondary N) is 1. The minimum atomic E-state index is -4.25. The van der Waals surface area contributed by atoms with E-state index in [0.717, 1.165) is 11.1 Å². The standard InChI is InChI=1S/C14H16BrF3N2O3/c15-8-23-13-6-11(20(21)22)5-9-1-2-10(3-4-12(9)13)19-7-14(16,17)18/h5-6,10,19H,1-4,7-8H2. The third-order valence-electron chi connectivity index (χ3n) is 3.80. The average Bonchev–Trinajstić information content (AvgIpc) is 2.67. The van der Waals surface area contributed by atoms with Gasteiger partial charge >= 0.3 is 6.18 Å². The number of halogens is 4. The van der Waals surface area contributed by atoms with Crippen molar-refractivity contribution in [2.45, 2.75) is 37.9 Å². The van der Waals surface area contributed by atoms with E-state index in [1.54, 1.807) is 0 Å². The number of nitrogens with zero attached hydrogens (tertiary/aromatic N) is 1. The van der Waals surface area contributed by atoms with Crippen LogP contribution in [-0.2, 0) is 12.8 Å². The molecule has 1 atom stereocenters. The number of benzene rings is 1. The first-order chi connectivity index (χ1) is 10.8. The molecule has 0 spiro atoms. The maximum Gasteiger partial charge on any atom is 0.401 e. The van der Waals surface area contributed by atoms with Crippen LogP contribution in [0.1, 0.15) is 24.0 Å². The minimum absolute atomic E-state index is 0.0681. The molecule has 1 aliphatic carbocycles. The molecule has 1 unspecified atom stereocenters. The first-order valence-electron chi connectivity index (χ1n) is 7.09. The quantitative estimate of drug-likeness (QED) is 0.356. The Labute approximate surface area is 139 Å². The van der Waals surface area contributed by atoms with Crippen molar-refractivity contribution in [2.75, 3.05) is 12.1 Å². The maximum absolute atomic E-state index is 12.3. The van der Waals surface area contributed by atoms with Gasteiger partial charge in [-0.1, -0.05) is 0 Å². The molecule has 0 heterocycles. The third-order valence-corrected chi connectivity index (χ3v) is 4.03. The fourth-order valence-electron chi connectivity index (χ4n) is 2.74. The molecule has 9 heteroatoms. The van der Waals surface area contributed by atoms with Crippen molar-refractivity contribution in [2.24, 2.45) is 0 Å². The zero-order chi connectivity index (χ0) is 17.0. The number of aryl methyl sites for hydroxylation is 1. The Morgan fingerprint density at radius 3 is 2.65 bits per heavy atom. The van der Waals surface area contributed by atoms with Crippen LogP contribution in [0.3, 0.4) is 0 Å². The van der Waals surface area contributed by atoms with Crippen LogP contribution in [0.5, 0.6) is 5.75 Å². The number of alkyl halides is 4. The molecule has 0 amide bonds. The van der Waals surface area contributed by atoms with Crippen LogP contribution in [0.25, 0.3) is 0 Å². The van der Waals surface area contributed by atoms with Gasteiger partial charge in [-0.25, -0.2) is 0 Å². The highest BCUT2D eigenvalue weighted by atomic mass is 79.9. The van der Waals surface area contributed by atoms with E-state index in [1.165, 1.54) is 12.1 Å². The van der Waals surface area contributed by atoms with E-state index in [2.05, 4.69) is 21.2 Å². The molecule has 128 valence electrons. The van der Waals surface area contributed by atoms with Gasteiger partial charge in [0.15, 0.2) is 0 Å². The molecule has 23 heavy (non-hydrogen) atoms. The third kappa shape index (κ3) is 5.07. The summed E-state index contributed by atoms with van der Waals surface area (Å²) in [6.45, 7) is -1.03. The number of ether oxygens (including phenoxy) is 1. The highest BCUT2D eigenvalue weighted by Crippen LogP contribution is 2.34. The molecule has 2 rings (SSSR count). The second-order valence-corrected chi connectivity index (χ2v) is 5.82. The van der Waals surface area contributed by atoms with E-state index in [4.69, 9.17) is 4.74 Å². The van der Waals surface area contributed by atoms with E-state index in [0.29, 0.717) is 31.4 Å². The van der Waals surface area contributed by atoms with Crippen molar-refractivity contribution in [1.82, 2.24) is 5.32 Å². The van der Waals surface area contributed by atoms with Crippen molar-refractivity contribution in [3.05, 3.63) is 33.4 Å². The molecule has 0 radical (unpaired) electrons. The lowest BCUT2D eigenvalue weighted by molar-refractivity contribution is -0.385. The minimum Gasteiger partial charge on any atom is -0.482 e. The normalized spacial score (nSPS) is 18.2. The summed E-state index contributed by atoms with van der Waals surface area (Å²) in [6.07, 6.45) is -2.23. The van der Waals surface area contributed by atoms with E-state index in [9.17, 15) is 23.3 Å². The Kier molecular flexibility index (Phi) is 5.85. The number of nitro benzene ring substituents is 1. The molecule has 1 aromatic carbocycles. The predicted octanol–water partition coefficient (Wildman–Crippen LogP) is 3.73. The maximum atomic E-state index is 12.3. The molecule has 5 nitrogen and oxygen atoms in total. The van der Waals surface area contributed by atoms with Crippen molar-refractivity contribution in [3.63, 3.8) is 0 Å². The lowest BCUT2D eigenvalue weighted by atomic mass is 10.0. The fourth-order valence-corrected chi connectivity index (χ4v) is 2.99. The van der Waals surface area contributed by atoms with Gasteiger partial charge in [0.2, 0.25) is 0 Å². The molecule has 0 fully saturated rings. The summed E-state index contributed by atoms with van der Waals surface area (Å²) in [5.74, 6) is 0.419. The highest BCUT2D eigenvalue weighted by molar-refractivity contribution is 9.09. The topological polar surface area (TPSA) is 64.4 Å². The van der Waals surface area contributed by atoms with Crippen LogP contribution in [0.15, 0.2) is 12.1 Å². The number of non-ortho nitro benzene ring substituents is 1. The molecular weight excluding hydrogens is 381 g/mol. The number of fused-ring (bicyclic) bond motifs is 1. The van der Waals surface area contributed by atoms with Crippen LogP contribution in [0.2, 0.25) is 0 Å². The first-order valence-corrected chi connectivity index (χ1v) is 8.21. The predicted molar refractivity (Wildman–Crippen MR) is 82.0 cm³/mol. The SMILES string of the molecule is O=[N+]([O-])c1cc2c(c(OCBr)c1)CCC(NCC(F)(F)F)CC2. The van der Waals surface area contributed by atoms with Gasteiger partial charge in [-0.3, -0.25) is 10.1 Å². The Bertz CT molecular complexity index is 581. The Morgan fingerprint density at radius 2 is 2.04 bits per heavy atom. The molecule has 1 aromatic rings. The summed E-state index contributed by atoms with van der Waals surface area (Å²) >= 11 is 3.12. The lowest BCUT2D eigenvalue weighted by Gasteiger charge is -2.17. The van der Waals surface area contributed by atoms with E-state index in [-0.39, 0.29) is 17.2 Å². The Morgan fingerprint density at radius 1 is 1.35 bits per heavy atom. The number of hydrogen-bond donors (Lipinski definition) is 1. The summed E-state index contributed by atoms with van der Waals surface area (Å²) in [5, 5.41) is 13.5. The van der Waals surface area contributed by atoms with Gasteiger partial charge in [0, 0.05) is 12.1 Å². The summed E-state index contributed by atoms with van der Waals surface area (Å²) in [4.78, 5) is 10.5. The van der Waals surface area contributed by atoms with Crippen molar-refractivity contribution < 1.29 is 22.8 Å². The average molecular weight is 397 g/mol. The van der Waals surface area contributed by atoms with Gasteiger partial charge < -0.3 is 10.1 Å². The smallest absolute Gasteiger partial charge is 0.401 e. The van der Waals surface area contributed by atoms with E-state index < -0.39 is 17.6 Å². The van der Waals surface area contributed by atoms with Gasteiger partial charge in [0.05, 0.1) is 17.5 Å². The van der Waals surface area contributed by atoms with Gasteiger partial charge in [-0.2, -0.15) is 13.2 Å². The molecule has 0 saturated heterocycles. The largest absolute Gasteiger partial charge is 0.482 e. The van der Waals surface area contributed by atoms with Crippen LogP contribution >= 0.6 is 15.9 Å². The van der Waals surface area contributed by atoms with Crippen LogP contribution in [0, 0.1) is 10.1 Å². The molecule has 0 aromatic heterocycles. The molecule has 1 aliphatic rings.